The predicted molar refractivity (Wildman–Crippen MR) is 203 cm³/mol. The number of rotatable bonds is 15. The molecule has 3 atom stereocenters. The van der Waals surface area contributed by atoms with Gasteiger partial charge in [-0.05, 0) is 72.6 Å². The summed E-state index contributed by atoms with van der Waals surface area (Å²) in [5.74, 6) is 0.821. The van der Waals surface area contributed by atoms with Gasteiger partial charge in [-0.2, -0.15) is 0 Å². The van der Waals surface area contributed by atoms with Crippen LogP contribution in [0.4, 0.5) is 10.5 Å². The minimum absolute atomic E-state index is 0.0142. The molecule has 10 heteroatoms. The number of nitrogens with zero attached hydrogens (tertiary/aromatic N) is 2. The largest absolute Gasteiger partial charge is 0.490 e. The quantitative estimate of drug-likeness (QED) is 0.146. The number of anilines is 1. The van der Waals surface area contributed by atoms with Gasteiger partial charge in [0.2, 0.25) is 0 Å². The van der Waals surface area contributed by atoms with Crippen LogP contribution in [0.5, 0.6) is 5.75 Å². The van der Waals surface area contributed by atoms with Crippen molar-refractivity contribution in [2.75, 3.05) is 58.0 Å². The summed E-state index contributed by atoms with van der Waals surface area (Å²) in [6, 6.07) is 14.5. The SMILES string of the molecule is COCCCN1CCOc2ccc(CO[C@H]3CN(C(=O)OC(C)(C)C)C[C@@H](CO[Si](C(C)C)(C(C)C)C(C)C)[C@@H]3c3ccc(CO)cc3)cc21. The molecule has 1 saturated heterocycles. The Bertz CT molecular complexity index is 1340. The van der Waals surface area contributed by atoms with Gasteiger partial charge < -0.3 is 38.3 Å². The van der Waals surface area contributed by atoms with Crippen molar-refractivity contribution >= 4 is 20.1 Å². The highest BCUT2D eigenvalue weighted by atomic mass is 28.4. The van der Waals surface area contributed by atoms with Gasteiger partial charge in [0.25, 0.3) is 0 Å². The summed E-state index contributed by atoms with van der Waals surface area (Å²) < 4.78 is 31.4. The van der Waals surface area contributed by atoms with Gasteiger partial charge in [-0.1, -0.05) is 71.9 Å². The van der Waals surface area contributed by atoms with Crippen molar-refractivity contribution in [1.29, 1.82) is 0 Å². The highest BCUT2D eigenvalue weighted by Crippen LogP contribution is 2.44. The maximum Gasteiger partial charge on any atom is 0.410 e. The Kier molecular flexibility index (Phi) is 14.2. The molecule has 0 bridgehead atoms. The van der Waals surface area contributed by atoms with Gasteiger partial charge in [0.1, 0.15) is 18.0 Å². The first-order valence-corrected chi connectivity index (χ1v) is 20.8. The smallest absolute Gasteiger partial charge is 0.410 e. The van der Waals surface area contributed by atoms with Gasteiger partial charge >= 0.3 is 6.09 Å². The zero-order valence-electron chi connectivity index (χ0n) is 32.4. The van der Waals surface area contributed by atoms with Crippen LogP contribution in [0, 0.1) is 5.92 Å². The summed E-state index contributed by atoms with van der Waals surface area (Å²) in [6.45, 7) is 24.4. The van der Waals surface area contributed by atoms with E-state index >= 15 is 0 Å². The molecule has 1 N–H and O–H groups in total. The molecule has 0 spiro atoms. The van der Waals surface area contributed by atoms with E-state index in [2.05, 4.69) is 70.7 Å². The average molecular weight is 713 g/mol. The second-order valence-electron chi connectivity index (χ2n) is 16.0. The van der Waals surface area contributed by atoms with E-state index in [9.17, 15) is 9.90 Å². The van der Waals surface area contributed by atoms with E-state index < -0.39 is 13.9 Å². The lowest BCUT2D eigenvalue weighted by molar-refractivity contribution is -0.0594. The number of aliphatic hydroxyl groups excluding tert-OH is 1. The van der Waals surface area contributed by atoms with Crippen molar-refractivity contribution in [2.45, 2.75) is 116 Å². The zero-order chi connectivity index (χ0) is 36.6. The first-order valence-electron chi connectivity index (χ1n) is 18.6. The van der Waals surface area contributed by atoms with Gasteiger partial charge in [-0.3, -0.25) is 0 Å². The van der Waals surface area contributed by atoms with E-state index in [1.54, 1.807) is 7.11 Å². The van der Waals surface area contributed by atoms with E-state index in [1.165, 1.54) is 0 Å². The number of ether oxygens (including phenoxy) is 4. The molecule has 280 valence electrons. The third kappa shape index (κ3) is 9.82. The molecule has 0 unspecified atom stereocenters. The Morgan fingerprint density at radius 2 is 1.64 bits per heavy atom. The van der Waals surface area contributed by atoms with Crippen LogP contribution in [0.3, 0.4) is 0 Å². The maximum absolute atomic E-state index is 13.7. The number of carbonyl (C=O) groups excluding carboxylic acids is 1. The van der Waals surface area contributed by atoms with E-state index in [0.717, 1.165) is 47.6 Å². The average Bonchev–Trinajstić information content (AvgIpc) is 3.06. The molecule has 1 fully saturated rings. The summed E-state index contributed by atoms with van der Waals surface area (Å²) in [7, 11) is -0.467. The molecule has 1 amide bonds. The molecule has 4 rings (SSSR count). The second kappa shape index (κ2) is 17.7. The van der Waals surface area contributed by atoms with Crippen molar-refractivity contribution < 1.29 is 33.3 Å². The highest BCUT2D eigenvalue weighted by molar-refractivity contribution is 6.77. The number of methoxy groups -OCH3 is 1. The van der Waals surface area contributed by atoms with E-state index in [1.807, 2.05) is 43.9 Å². The number of hydrogen-bond donors (Lipinski definition) is 1. The lowest BCUT2D eigenvalue weighted by Crippen LogP contribution is -2.55. The topological polar surface area (TPSA) is 89.9 Å². The standard InChI is InChI=1S/C40H64N2O7Si/c1-28(2)50(29(3)4,30(5)6)48-27-34-23-42(39(44)49-40(7,8)9)24-37(38(34)33-15-12-31(25-43)13-16-33)47-26-32-14-17-36-35(22-32)41(19-21-46-36)18-11-20-45-10/h12-17,22,28-30,34,37-38,43H,11,18-21,23-27H2,1-10H3/t34-,37-,38-/m0/s1. The van der Waals surface area contributed by atoms with E-state index in [0.29, 0.717) is 56.1 Å². The summed E-state index contributed by atoms with van der Waals surface area (Å²) >= 11 is 0. The first-order chi connectivity index (χ1) is 23.7. The van der Waals surface area contributed by atoms with Crippen LogP contribution in [0.1, 0.15) is 91.3 Å². The van der Waals surface area contributed by atoms with Crippen LogP contribution in [0.15, 0.2) is 42.5 Å². The molecule has 0 aliphatic carbocycles. The minimum Gasteiger partial charge on any atom is -0.490 e. The molecule has 9 nitrogen and oxygen atoms in total. The molecule has 2 aromatic carbocycles. The molecule has 0 aromatic heterocycles. The van der Waals surface area contributed by atoms with E-state index in [4.69, 9.17) is 23.4 Å². The number of benzene rings is 2. The molecular formula is C40H64N2O7Si. The van der Waals surface area contributed by atoms with Gasteiger partial charge in [0.15, 0.2) is 8.32 Å². The number of amides is 1. The molecule has 2 aliphatic heterocycles. The number of fused-ring (bicyclic) bond motifs is 1. The number of hydrogen-bond acceptors (Lipinski definition) is 8. The fraction of sp³-hybridized carbons (Fsp3) is 0.675. The molecule has 0 saturated carbocycles. The lowest BCUT2D eigenvalue weighted by Gasteiger charge is -2.47. The van der Waals surface area contributed by atoms with Gasteiger partial charge in [-0.15, -0.1) is 0 Å². The van der Waals surface area contributed by atoms with Crippen molar-refractivity contribution in [3.8, 4) is 5.75 Å². The number of likely N-dealkylation sites (tertiary alicyclic amines) is 1. The second-order valence-corrected chi connectivity index (χ2v) is 21.5. The zero-order valence-corrected chi connectivity index (χ0v) is 33.4. The number of aliphatic hydroxyl groups is 1. The Balaban J connectivity index is 1.69. The van der Waals surface area contributed by atoms with Crippen LogP contribution in [-0.2, 0) is 31.9 Å². The molecule has 2 heterocycles. The van der Waals surface area contributed by atoms with Crippen LogP contribution in [0.2, 0.25) is 16.6 Å². The predicted octanol–water partition coefficient (Wildman–Crippen LogP) is 8.14. The van der Waals surface area contributed by atoms with Crippen molar-refractivity contribution in [2.24, 2.45) is 5.92 Å². The van der Waals surface area contributed by atoms with Crippen molar-refractivity contribution in [3.05, 3.63) is 59.2 Å². The summed E-state index contributed by atoms with van der Waals surface area (Å²) in [5.41, 5.74) is 4.80. The number of piperidine rings is 1. The normalized spacial score (nSPS) is 20.0. The Labute approximate surface area is 302 Å². The monoisotopic (exact) mass is 712 g/mol. The van der Waals surface area contributed by atoms with Crippen molar-refractivity contribution in [3.63, 3.8) is 0 Å². The van der Waals surface area contributed by atoms with Gasteiger partial charge in [0.05, 0.1) is 38.1 Å². The maximum atomic E-state index is 13.7. The van der Waals surface area contributed by atoms with Gasteiger partial charge in [-0.25, -0.2) is 4.79 Å². The number of carbonyl (C=O) groups is 1. The Morgan fingerprint density at radius 1 is 0.980 bits per heavy atom. The van der Waals surface area contributed by atoms with Crippen LogP contribution in [-0.4, -0.2) is 89.2 Å². The van der Waals surface area contributed by atoms with Crippen LogP contribution >= 0.6 is 0 Å². The molecule has 0 radical (unpaired) electrons. The fourth-order valence-electron chi connectivity index (χ4n) is 8.22. The molecule has 2 aromatic rings. The molecule has 50 heavy (non-hydrogen) atoms. The third-order valence-corrected chi connectivity index (χ3v) is 16.5. The Hall–Kier alpha value is -2.63. The molecular weight excluding hydrogens is 649 g/mol. The summed E-state index contributed by atoms with van der Waals surface area (Å²) in [5, 5.41) is 9.82. The summed E-state index contributed by atoms with van der Waals surface area (Å²) in [4.78, 5) is 17.9. The summed E-state index contributed by atoms with van der Waals surface area (Å²) in [6.07, 6.45) is 0.291. The fourth-order valence-corrected chi connectivity index (χ4v) is 13.7. The van der Waals surface area contributed by atoms with E-state index in [-0.39, 0.29) is 30.6 Å². The van der Waals surface area contributed by atoms with Crippen molar-refractivity contribution in [1.82, 2.24) is 4.90 Å². The van der Waals surface area contributed by atoms with Crippen LogP contribution in [0.25, 0.3) is 0 Å². The van der Waals surface area contributed by atoms with Gasteiger partial charge in [0, 0.05) is 45.2 Å². The third-order valence-electron chi connectivity index (χ3n) is 10.4. The molecule has 2 aliphatic rings. The highest BCUT2D eigenvalue weighted by Gasteiger charge is 2.48. The minimum atomic E-state index is -2.20. The Morgan fingerprint density at radius 3 is 2.24 bits per heavy atom. The lowest BCUT2D eigenvalue weighted by atomic mass is 9.78. The first kappa shape index (κ1) is 40.1. The van der Waals surface area contributed by atoms with Crippen LogP contribution < -0.4 is 9.64 Å².